The highest BCUT2D eigenvalue weighted by Gasteiger charge is 2.30. The van der Waals surface area contributed by atoms with Crippen molar-refractivity contribution < 1.29 is 22.4 Å². The van der Waals surface area contributed by atoms with E-state index in [9.17, 15) is 22.4 Å². The van der Waals surface area contributed by atoms with Crippen LogP contribution < -0.4 is 5.32 Å². The maximum atomic E-state index is 12.9. The molecular formula is C17H10F4N2OS. The summed E-state index contributed by atoms with van der Waals surface area (Å²) in [5, 5.41) is 4.52. The zero-order chi connectivity index (χ0) is 18.0. The molecule has 0 atom stereocenters. The second-order valence-electron chi connectivity index (χ2n) is 5.07. The van der Waals surface area contributed by atoms with Gasteiger partial charge in [0, 0.05) is 16.5 Å². The van der Waals surface area contributed by atoms with Crippen molar-refractivity contribution in [1.82, 2.24) is 4.98 Å². The predicted molar refractivity (Wildman–Crippen MR) is 86.9 cm³/mol. The lowest BCUT2D eigenvalue weighted by Gasteiger charge is -2.07. The van der Waals surface area contributed by atoms with Crippen molar-refractivity contribution in [1.29, 1.82) is 0 Å². The van der Waals surface area contributed by atoms with Crippen molar-refractivity contribution in [2.45, 2.75) is 6.18 Å². The molecule has 0 radical (unpaired) electrons. The minimum absolute atomic E-state index is 0.0894. The number of aromatic nitrogens is 1. The molecule has 128 valence electrons. The van der Waals surface area contributed by atoms with E-state index in [2.05, 4.69) is 10.3 Å². The van der Waals surface area contributed by atoms with Crippen LogP contribution in [-0.4, -0.2) is 10.9 Å². The molecule has 0 fully saturated rings. The van der Waals surface area contributed by atoms with Gasteiger partial charge in [-0.25, -0.2) is 9.37 Å². The Hall–Kier alpha value is -2.74. The van der Waals surface area contributed by atoms with Gasteiger partial charge in [0.25, 0.3) is 5.91 Å². The second-order valence-corrected chi connectivity index (χ2v) is 5.93. The standard InChI is InChI=1S/C17H10F4N2OS/c18-13-7-3-10(4-8-13)14-9-25-16(22-14)23-15(24)11-1-5-12(6-2-11)17(19,20)21/h1-9H,(H,22,23,24). The number of carbonyl (C=O) groups is 1. The first-order valence-corrected chi connectivity index (χ1v) is 7.91. The van der Waals surface area contributed by atoms with Gasteiger partial charge in [0.05, 0.1) is 11.3 Å². The molecular weight excluding hydrogens is 356 g/mol. The van der Waals surface area contributed by atoms with Gasteiger partial charge in [-0.15, -0.1) is 11.3 Å². The van der Waals surface area contributed by atoms with Crippen LogP contribution in [0.15, 0.2) is 53.9 Å². The fourth-order valence-corrected chi connectivity index (χ4v) is 2.78. The van der Waals surface area contributed by atoms with Crippen LogP contribution in [0.1, 0.15) is 15.9 Å². The van der Waals surface area contributed by atoms with Crippen LogP contribution in [-0.2, 0) is 6.18 Å². The Morgan fingerprint density at radius 2 is 1.64 bits per heavy atom. The highest BCUT2D eigenvalue weighted by molar-refractivity contribution is 7.14. The van der Waals surface area contributed by atoms with Gasteiger partial charge in [0.15, 0.2) is 5.13 Å². The summed E-state index contributed by atoms with van der Waals surface area (Å²) in [5.41, 5.74) is 0.517. The number of nitrogens with zero attached hydrogens (tertiary/aromatic N) is 1. The largest absolute Gasteiger partial charge is 0.416 e. The monoisotopic (exact) mass is 366 g/mol. The molecule has 1 amide bonds. The van der Waals surface area contributed by atoms with E-state index < -0.39 is 17.6 Å². The van der Waals surface area contributed by atoms with Gasteiger partial charge in [-0.2, -0.15) is 13.2 Å². The first-order chi connectivity index (χ1) is 11.8. The van der Waals surface area contributed by atoms with E-state index >= 15 is 0 Å². The summed E-state index contributed by atoms with van der Waals surface area (Å²) in [7, 11) is 0. The molecule has 0 unspecified atom stereocenters. The van der Waals surface area contributed by atoms with Crippen LogP contribution in [0, 0.1) is 5.82 Å². The van der Waals surface area contributed by atoms with Gasteiger partial charge >= 0.3 is 6.18 Å². The number of halogens is 4. The predicted octanol–water partition coefficient (Wildman–Crippen LogP) is 5.22. The molecule has 1 N–H and O–H groups in total. The van der Waals surface area contributed by atoms with E-state index in [-0.39, 0.29) is 11.4 Å². The van der Waals surface area contributed by atoms with E-state index in [0.29, 0.717) is 16.4 Å². The maximum absolute atomic E-state index is 12.9. The average molecular weight is 366 g/mol. The molecule has 8 heteroatoms. The molecule has 3 nitrogen and oxygen atoms in total. The Morgan fingerprint density at radius 3 is 2.24 bits per heavy atom. The molecule has 2 aromatic carbocycles. The Bertz CT molecular complexity index is 886. The summed E-state index contributed by atoms with van der Waals surface area (Å²) in [4.78, 5) is 16.3. The molecule has 0 spiro atoms. The SMILES string of the molecule is O=C(Nc1nc(-c2ccc(F)cc2)cs1)c1ccc(C(F)(F)F)cc1. The van der Waals surface area contributed by atoms with Crippen molar-refractivity contribution in [3.63, 3.8) is 0 Å². The van der Waals surface area contributed by atoms with Gasteiger partial charge in [0.2, 0.25) is 0 Å². The second kappa shape index (κ2) is 6.64. The van der Waals surface area contributed by atoms with Crippen LogP contribution in [0.3, 0.4) is 0 Å². The van der Waals surface area contributed by atoms with Crippen molar-refractivity contribution in [2.24, 2.45) is 0 Å². The Labute approximate surface area is 144 Å². The van der Waals surface area contributed by atoms with Crippen LogP contribution >= 0.6 is 11.3 Å². The van der Waals surface area contributed by atoms with Crippen molar-refractivity contribution in [3.05, 3.63) is 70.9 Å². The normalized spacial score (nSPS) is 11.4. The summed E-state index contributed by atoms with van der Waals surface area (Å²) in [6, 6.07) is 9.63. The van der Waals surface area contributed by atoms with Gasteiger partial charge in [0.1, 0.15) is 5.82 Å². The minimum atomic E-state index is -4.45. The van der Waals surface area contributed by atoms with Crippen molar-refractivity contribution in [3.8, 4) is 11.3 Å². The topological polar surface area (TPSA) is 42.0 Å². The number of benzene rings is 2. The summed E-state index contributed by atoms with van der Waals surface area (Å²) in [6.07, 6.45) is -4.45. The lowest BCUT2D eigenvalue weighted by atomic mass is 10.1. The maximum Gasteiger partial charge on any atom is 0.416 e. The van der Waals surface area contributed by atoms with Gasteiger partial charge < -0.3 is 0 Å². The third kappa shape index (κ3) is 4.03. The third-order valence-corrected chi connectivity index (χ3v) is 4.10. The number of thiazole rings is 1. The first-order valence-electron chi connectivity index (χ1n) is 7.03. The molecule has 0 saturated heterocycles. The van der Waals surface area contributed by atoms with Crippen LogP contribution in [0.2, 0.25) is 0 Å². The molecule has 0 saturated carbocycles. The molecule has 3 rings (SSSR count). The molecule has 0 aliphatic heterocycles. The quantitative estimate of drug-likeness (QED) is 0.646. The number of anilines is 1. The number of nitrogens with one attached hydrogen (secondary N) is 1. The van der Waals surface area contributed by atoms with E-state index in [0.717, 1.165) is 35.6 Å². The lowest BCUT2D eigenvalue weighted by molar-refractivity contribution is -0.137. The number of rotatable bonds is 3. The number of carbonyl (C=O) groups excluding carboxylic acids is 1. The molecule has 0 aliphatic rings. The molecule has 3 aromatic rings. The Morgan fingerprint density at radius 1 is 1.00 bits per heavy atom. The Kier molecular flexibility index (Phi) is 4.54. The molecule has 25 heavy (non-hydrogen) atoms. The zero-order valence-corrected chi connectivity index (χ0v) is 13.3. The average Bonchev–Trinajstić information content (AvgIpc) is 3.03. The first kappa shape index (κ1) is 17.1. The smallest absolute Gasteiger partial charge is 0.298 e. The number of hydrogen-bond donors (Lipinski definition) is 1. The van der Waals surface area contributed by atoms with Gasteiger partial charge in [-0.3, -0.25) is 10.1 Å². The number of amides is 1. The van der Waals surface area contributed by atoms with E-state index in [1.54, 1.807) is 17.5 Å². The fourth-order valence-electron chi connectivity index (χ4n) is 2.06. The number of alkyl halides is 3. The van der Waals surface area contributed by atoms with Gasteiger partial charge in [-0.1, -0.05) is 0 Å². The van der Waals surface area contributed by atoms with E-state index in [1.165, 1.54) is 12.1 Å². The number of hydrogen-bond acceptors (Lipinski definition) is 3. The van der Waals surface area contributed by atoms with Crippen molar-refractivity contribution in [2.75, 3.05) is 5.32 Å². The fraction of sp³-hybridized carbons (Fsp3) is 0.0588. The van der Waals surface area contributed by atoms with Crippen LogP contribution in [0.5, 0.6) is 0 Å². The highest BCUT2D eigenvalue weighted by atomic mass is 32.1. The Balaban J connectivity index is 1.72. The molecule has 1 heterocycles. The van der Waals surface area contributed by atoms with Crippen LogP contribution in [0.25, 0.3) is 11.3 Å². The third-order valence-electron chi connectivity index (χ3n) is 3.34. The lowest BCUT2D eigenvalue weighted by Crippen LogP contribution is -2.12. The van der Waals surface area contributed by atoms with Crippen LogP contribution in [0.4, 0.5) is 22.7 Å². The molecule has 1 aromatic heterocycles. The zero-order valence-electron chi connectivity index (χ0n) is 12.5. The van der Waals surface area contributed by atoms with Crippen molar-refractivity contribution >= 4 is 22.4 Å². The van der Waals surface area contributed by atoms with E-state index in [4.69, 9.17) is 0 Å². The van der Waals surface area contributed by atoms with Gasteiger partial charge in [-0.05, 0) is 48.5 Å². The summed E-state index contributed by atoms with van der Waals surface area (Å²) in [5.74, 6) is -0.927. The minimum Gasteiger partial charge on any atom is -0.298 e. The molecule has 0 aliphatic carbocycles. The summed E-state index contributed by atoms with van der Waals surface area (Å²) >= 11 is 1.16. The summed E-state index contributed by atoms with van der Waals surface area (Å²) < 4.78 is 50.5. The summed E-state index contributed by atoms with van der Waals surface area (Å²) in [6.45, 7) is 0. The van der Waals surface area contributed by atoms with E-state index in [1.807, 2.05) is 0 Å². The highest BCUT2D eigenvalue weighted by Crippen LogP contribution is 2.29. The molecule has 0 bridgehead atoms.